The van der Waals surface area contributed by atoms with E-state index in [-0.39, 0.29) is 17.3 Å². The molecule has 184 valence electrons. The first-order valence-electron chi connectivity index (χ1n) is 10.6. The van der Waals surface area contributed by atoms with E-state index in [0.717, 1.165) is 61.3 Å². The summed E-state index contributed by atoms with van der Waals surface area (Å²) in [5, 5.41) is 2.92. The highest BCUT2D eigenvalue weighted by molar-refractivity contribution is 6.32. The van der Waals surface area contributed by atoms with Crippen molar-refractivity contribution in [1.29, 1.82) is 0 Å². The van der Waals surface area contributed by atoms with Crippen molar-refractivity contribution in [3.8, 4) is 5.75 Å². The molecule has 0 bridgehead atoms. The smallest absolute Gasteiger partial charge is 0.406 e. The van der Waals surface area contributed by atoms with E-state index in [9.17, 15) is 27.2 Å². The Morgan fingerprint density at radius 1 is 1.12 bits per heavy atom. The third-order valence-electron chi connectivity index (χ3n) is 5.69. The molecule has 0 radical (unpaired) electrons. The second-order valence-electron chi connectivity index (χ2n) is 8.02. The summed E-state index contributed by atoms with van der Waals surface area (Å²) in [6, 6.07) is 3.96. The van der Waals surface area contributed by atoms with Crippen molar-refractivity contribution in [3.05, 3.63) is 48.5 Å². The molecule has 2 aromatic rings. The number of nitrogens with zero attached hydrogens (tertiary/aromatic N) is 3. The molecule has 0 aliphatic heterocycles. The molecular formula is C22H23ClF4N4O3. The minimum atomic E-state index is -4.92. The van der Waals surface area contributed by atoms with Gasteiger partial charge in [0.2, 0.25) is 0 Å². The van der Waals surface area contributed by atoms with E-state index >= 15 is 0 Å². The summed E-state index contributed by atoms with van der Waals surface area (Å²) < 4.78 is 55.7. The molecule has 1 fully saturated rings. The molecule has 1 aromatic carbocycles. The van der Waals surface area contributed by atoms with Crippen LogP contribution in [0.3, 0.4) is 0 Å². The number of carbonyl (C=O) groups is 2. The summed E-state index contributed by atoms with van der Waals surface area (Å²) in [5.74, 6) is -2.46. The van der Waals surface area contributed by atoms with Crippen molar-refractivity contribution in [2.75, 3.05) is 4.90 Å². The van der Waals surface area contributed by atoms with Crippen molar-refractivity contribution in [2.24, 2.45) is 0 Å². The third kappa shape index (κ3) is 5.94. The van der Waals surface area contributed by atoms with E-state index in [2.05, 4.69) is 20.0 Å². The molecular weight excluding hydrogens is 480 g/mol. The van der Waals surface area contributed by atoms with E-state index < -0.39 is 35.1 Å². The summed E-state index contributed by atoms with van der Waals surface area (Å²) >= 11 is 5.49. The van der Waals surface area contributed by atoms with Gasteiger partial charge >= 0.3 is 6.36 Å². The second kappa shape index (κ2) is 10.5. The van der Waals surface area contributed by atoms with Gasteiger partial charge in [-0.3, -0.25) is 14.5 Å². The van der Waals surface area contributed by atoms with Crippen LogP contribution >= 0.6 is 11.6 Å². The highest BCUT2D eigenvalue weighted by Gasteiger charge is 2.47. The zero-order chi connectivity index (χ0) is 24.9. The number of amides is 2. The molecule has 1 aromatic heterocycles. The van der Waals surface area contributed by atoms with Crippen LogP contribution in [0, 0.1) is 0 Å². The van der Waals surface area contributed by atoms with Gasteiger partial charge in [-0.1, -0.05) is 30.9 Å². The zero-order valence-corrected chi connectivity index (χ0v) is 18.9. The van der Waals surface area contributed by atoms with Gasteiger partial charge in [-0.25, -0.2) is 14.4 Å². The topological polar surface area (TPSA) is 84.4 Å². The van der Waals surface area contributed by atoms with Crippen LogP contribution in [0.2, 0.25) is 0 Å². The molecule has 1 saturated carbocycles. The van der Waals surface area contributed by atoms with Gasteiger partial charge in [0.25, 0.3) is 17.4 Å². The first-order chi connectivity index (χ1) is 16.0. The van der Waals surface area contributed by atoms with Gasteiger partial charge in [-0.2, -0.15) is 0 Å². The molecule has 1 aliphatic rings. The van der Waals surface area contributed by atoms with Gasteiger partial charge in [0.1, 0.15) is 12.1 Å². The van der Waals surface area contributed by atoms with Crippen molar-refractivity contribution in [1.82, 2.24) is 15.3 Å². The van der Waals surface area contributed by atoms with Crippen LogP contribution in [0.4, 0.5) is 23.2 Å². The van der Waals surface area contributed by atoms with Crippen molar-refractivity contribution in [3.63, 3.8) is 0 Å². The molecule has 34 heavy (non-hydrogen) atoms. The Kier molecular flexibility index (Phi) is 7.96. The molecule has 12 heteroatoms. The summed E-state index contributed by atoms with van der Waals surface area (Å²) in [5.41, 5.74) is -4.32. The Morgan fingerprint density at radius 3 is 2.24 bits per heavy atom. The number of aromatic nitrogens is 2. The van der Waals surface area contributed by atoms with Gasteiger partial charge < -0.3 is 10.1 Å². The average molecular weight is 503 g/mol. The summed E-state index contributed by atoms with van der Waals surface area (Å²) in [6.45, 7) is 1.38. The molecule has 1 N–H and O–H groups in total. The Bertz CT molecular complexity index is 986. The van der Waals surface area contributed by atoms with Crippen molar-refractivity contribution >= 4 is 29.1 Å². The predicted octanol–water partition coefficient (Wildman–Crippen LogP) is 4.61. The number of carbonyl (C=O) groups excluding carboxylic acids is 2. The maximum Gasteiger partial charge on any atom is 0.573 e. The molecule has 0 saturated heterocycles. The minimum Gasteiger partial charge on any atom is -0.406 e. The predicted molar refractivity (Wildman–Crippen MR) is 116 cm³/mol. The third-order valence-corrected chi connectivity index (χ3v) is 5.87. The number of nitrogens with one attached hydrogen (secondary N) is 1. The Hall–Kier alpha value is -2.95. The normalized spacial score (nSPS) is 17.4. The van der Waals surface area contributed by atoms with Crippen LogP contribution in [0.5, 0.6) is 5.75 Å². The van der Waals surface area contributed by atoms with Crippen molar-refractivity contribution in [2.45, 2.75) is 62.6 Å². The lowest BCUT2D eigenvalue weighted by molar-refractivity contribution is -0.274. The number of benzene rings is 1. The fourth-order valence-electron chi connectivity index (χ4n) is 3.99. The maximum atomic E-state index is 14.1. The highest BCUT2D eigenvalue weighted by atomic mass is 35.5. The number of rotatable bonds is 7. The van der Waals surface area contributed by atoms with Crippen LogP contribution in [-0.2, 0) is 15.1 Å². The molecule has 2 amide bonds. The molecule has 7 nitrogen and oxygen atoms in total. The molecule has 1 aliphatic carbocycles. The summed E-state index contributed by atoms with van der Waals surface area (Å²) in [7, 11) is 0. The van der Waals surface area contributed by atoms with E-state index in [0.29, 0.717) is 0 Å². The fourth-order valence-corrected chi connectivity index (χ4v) is 4.08. The summed E-state index contributed by atoms with van der Waals surface area (Å²) in [6.07, 6.45) is 3.28. The quantitative estimate of drug-likeness (QED) is 0.441. The first-order valence-corrected chi connectivity index (χ1v) is 11.0. The highest BCUT2D eigenvalue weighted by Crippen LogP contribution is 2.36. The number of hydrogen-bond acceptors (Lipinski definition) is 5. The van der Waals surface area contributed by atoms with Crippen LogP contribution in [0.15, 0.2) is 43.0 Å². The van der Waals surface area contributed by atoms with Gasteiger partial charge in [0.05, 0.1) is 0 Å². The monoisotopic (exact) mass is 502 g/mol. The number of ether oxygens (including phenoxy) is 1. The SMILES string of the molecule is C[C@@](C(=O)NC1CCCCC1)(c1cncnc1)N(C(=O)[C@H](F)Cl)c1ccc(OC(F)(F)F)cc1. The lowest BCUT2D eigenvalue weighted by atomic mass is 9.88. The molecule has 0 unspecified atom stereocenters. The largest absolute Gasteiger partial charge is 0.573 e. The molecule has 1 heterocycles. The lowest BCUT2D eigenvalue weighted by Gasteiger charge is -2.41. The van der Waals surface area contributed by atoms with E-state index in [1.54, 1.807) is 0 Å². The number of halogens is 5. The minimum absolute atomic E-state index is 0.0760. The fraction of sp³-hybridized carbons (Fsp3) is 0.455. The average Bonchev–Trinajstić information content (AvgIpc) is 2.80. The van der Waals surface area contributed by atoms with Crippen LogP contribution in [0.1, 0.15) is 44.6 Å². The van der Waals surface area contributed by atoms with Gasteiger partial charge in [-0.05, 0) is 44.0 Å². The Morgan fingerprint density at radius 2 is 1.71 bits per heavy atom. The maximum absolute atomic E-state index is 14.1. The van der Waals surface area contributed by atoms with Crippen LogP contribution in [0.25, 0.3) is 0 Å². The number of hydrogen-bond donors (Lipinski definition) is 1. The molecule has 2 atom stereocenters. The van der Waals surface area contributed by atoms with Gasteiger partial charge in [0, 0.05) is 29.7 Å². The molecule has 0 spiro atoms. The lowest BCUT2D eigenvalue weighted by Crippen LogP contribution is -2.60. The van der Waals surface area contributed by atoms with Gasteiger partial charge in [0.15, 0.2) is 5.54 Å². The van der Waals surface area contributed by atoms with E-state index in [1.165, 1.54) is 25.6 Å². The van der Waals surface area contributed by atoms with Gasteiger partial charge in [-0.15, -0.1) is 13.2 Å². The Labute approximate surface area is 198 Å². The van der Waals surface area contributed by atoms with Crippen LogP contribution in [-0.4, -0.2) is 39.8 Å². The summed E-state index contributed by atoms with van der Waals surface area (Å²) in [4.78, 5) is 35.2. The number of alkyl halides is 5. The van der Waals surface area contributed by atoms with E-state index in [4.69, 9.17) is 11.6 Å². The molecule has 3 rings (SSSR count). The Balaban J connectivity index is 2.07. The van der Waals surface area contributed by atoms with E-state index in [1.807, 2.05) is 0 Å². The van der Waals surface area contributed by atoms with Crippen LogP contribution < -0.4 is 15.0 Å². The standard InChI is InChI=1S/C22H23ClF4N4O3/c1-21(14-11-28-13-29-12-14,20(33)30-15-5-3-2-4-6-15)31(19(32)18(23)24)16-7-9-17(10-8-16)34-22(25,26)27/h7-13,15,18H,2-6H2,1H3,(H,30,33)/t18-,21-/m0/s1. The van der Waals surface area contributed by atoms with Crippen molar-refractivity contribution < 1.29 is 31.9 Å². The zero-order valence-electron chi connectivity index (χ0n) is 18.2. The second-order valence-corrected chi connectivity index (χ2v) is 8.41. The number of anilines is 1. The first kappa shape index (κ1) is 25.7.